The van der Waals surface area contributed by atoms with Crippen LogP contribution in [0, 0.1) is 0 Å². The molecule has 2 aromatic carbocycles. The smallest absolute Gasteiger partial charge is 0.255 e. The van der Waals surface area contributed by atoms with E-state index in [1.807, 2.05) is 18.2 Å². The maximum Gasteiger partial charge on any atom is 0.255 e. The summed E-state index contributed by atoms with van der Waals surface area (Å²) in [6.07, 6.45) is 0.238. The van der Waals surface area contributed by atoms with E-state index in [1.54, 1.807) is 43.4 Å². The van der Waals surface area contributed by atoms with E-state index in [9.17, 15) is 9.59 Å². The molecule has 0 aliphatic carbocycles. The Labute approximate surface area is 157 Å². The van der Waals surface area contributed by atoms with Crippen molar-refractivity contribution in [1.82, 2.24) is 5.32 Å². The highest BCUT2D eigenvalue weighted by Crippen LogP contribution is 2.27. The van der Waals surface area contributed by atoms with Gasteiger partial charge in [-0.3, -0.25) is 9.59 Å². The zero-order valence-electron chi connectivity index (χ0n) is 15.5. The molecule has 0 radical (unpaired) electrons. The summed E-state index contributed by atoms with van der Waals surface area (Å²) in [6, 6.07) is 12.0. The van der Waals surface area contributed by atoms with Gasteiger partial charge < -0.3 is 24.4 Å². The SMILES string of the molecule is COc1cccc(N2C[C@H](NC(=O)c3ccc(OC)cc3OC)CC2=O)c1. The van der Waals surface area contributed by atoms with E-state index >= 15 is 0 Å². The van der Waals surface area contributed by atoms with E-state index in [0.717, 1.165) is 5.69 Å². The molecule has 0 unspecified atom stereocenters. The van der Waals surface area contributed by atoms with Gasteiger partial charge in [0.15, 0.2) is 0 Å². The number of anilines is 1. The fourth-order valence-electron chi connectivity index (χ4n) is 3.08. The van der Waals surface area contributed by atoms with Gasteiger partial charge in [-0.05, 0) is 24.3 Å². The number of ether oxygens (including phenoxy) is 3. The van der Waals surface area contributed by atoms with E-state index in [4.69, 9.17) is 14.2 Å². The van der Waals surface area contributed by atoms with Crippen molar-refractivity contribution >= 4 is 17.5 Å². The van der Waals surface area contributed by atoms with E-state index in [0.29, 0.717) is 29.4 Å². The number of amides is 2. The molecule has 2 amide bonds. The van der Waals surface area contributed by atoms with Gasteiger partial charge in [-0.25, -0.2) is 0 Å². The van der Waals surface area contributed by atoms with Gasteiger partial charge in [-0.2, -0.15) is 0 Å². The van der Waals surface area contributed by atoms with E-state index in [1.165, 1.54) is 7.11 Å². The lowest BCUT2D eigenvalue weighted by Crippen LogP contribution is -2.37. The van der Waals surface area contributed by atoms with Gasteiger partial charge in [0.2, 0.25) is 5.91 Å². The minimum atomic E-state index is -0.292. The maximum atomic E-state index is 12.6. The summed E-state index contributed by atoms with van der Waals surface area (Å²) in [6.45, 7) is 0.399. The van der Waals surface area contributed by atoms with Crippen molar-refractivity contribution in [2.24, 2.45) is 0 Å². The molecule has 0 aromatic heterocycles. The lowest BCUT2D eigenvalue weighted by Gasteiger charge is -2.18. The van der Waals surface area contributed by atoms with E-state index in [-0.39, 0.29) is 24.3 Å². The molecule has 1 aliphatic rings. The van der Waals surface area contributed by atoms with Gasteiger partial charge in [0.25, 0.3) is 5.91 Å². The standard InChI is InChI=1S/C20H22N2O5/c1-25-15-6-4-5-14(10-15)22-12-13(9-19(22)23)21-20(24)17-8-7-16(26-2)11-18(17)27-3/h4-8,10-11,13H,9,12H2,1-3H3,(H,21,24)/t13-/m1/s1. The van der Waals surface area contributed by atoms with Gasteiger partial charge in [0, 0.05) is 30.8 Å². The fourth-order valence-corrected chi connectivity index (χ4v) is 3.08. The second-order valence-corrected chi connectivity index (χ2v) is 6.15. The number of methoxy groups -OCH3 is 3. The third-order valence-electron chi connectivity index (χ3n) is 4.48. The molecule has 0 saturated carbocycles. The van der Waals surface area contributed by atoms with Gasteiger partial charge in [-0.15, -0.1) is 0 Å². The summed E-state index contributed by atoms with van der Waals surface area (Å²) < 4.78 is 15.6. The van der Waals surface area contributed by atoms with Crippen molar-refractivity contribution in [3.8, 4) is 17.2 Å². The van der Waals surface area contributed by atoms with Gasteiger partial charge in [0.05, 0.1) is 32.9 Å². The average molecular weight is 370 g/mol. The summed E-state index contributed by atoms with van der Waals surface area (Å²) in [5.74, 6) is 1.36. The fraction of sp³-hybridized carbons (Fsp3) is 0.300. The zero-order valence-corrected chi connectivity index (χ0v) is 15.5. The van der Waals surface area contributed by atoms with Crippen LogP contribution in [-0.2, 0) is 4.79 Å². The molecular weight excluding hydrogens is 348 g/mol. The lowest BCUT2D eigenvalue weighted by atomic mass is 10.1. The Kier molecular flexibility index (Phi) is 5.49. The topological polar surface area (TPSA) is 77.1 Å². The second-order valence-electron chi connectivity index (χ2n) is 6.15. The van der Waals surface area contributed by atoms with Crippen molar-refractivity contribution < 1.29 is 23.8 Å². The zero-order chi connectivity index (χ0) is 19.4. The van der Waals surface area contributed by atoms with Gasteiger partial charge in [-0.1, -0.05) is 6.07 Å². The molecule has 0 bridgehead atoms. The molecule has 0 spiro atoms. The predicted molar refractivity (Wildman–Crippen MR) is 101 cm³/mol. The van der Waals surface area contributed by atoms with Crippen molar-refractivity contribution in [3.63, 3.8) is 0 Å². The number of nitrogens with one attached hydrogen (secondary N) is 1. The first-order valence-electron chi connectivity index (χ1n) is 8.53. The molecule has 1 fully saturated rings. The first-order chi connectivity index (χ1) is 13.0. The molecule has 7 nitrogen and oxygen atoms in total. The lowest BCUT2D eigenvalue weighted by molar-refractivity contribution is -0.117. The summed E-state index contributed by atoms with van der Waals surface area (Å²) in [4.78, 5) is 26.7. The van der Waals surface area contributed by atoms with Crippen molar-refractivity contribution in [3.05, 3.63) is 48.0 Å². The average Bonchev–Trinajstić information content (AvgIpc) is 3.07. The minimum Gasteiger partial charge on any atom is -0.497 e. The van der Waals surface area contributed by atoms with Crippen LogP contribution in [0.5, 0.6) is 17.2 Å². The molecule has 142 valence electrons. The highest BCUT2D eigenvalue weighted by molar-refractivity contribution is 6.00. The molecule has 1 atom stereocenters. The minimum absolute atomic E-state index is 0.0461. The Morgan fingerprint density at radius 1 is 1.04 bits per heavy atom. The quantitative estimate of drug-likeness (QED) is 0.844. The molecule has 27 heavy (non-hydrogen) atoms. The summed E-state index contributed by atoms with van der Waals surface area (Å²) in [7, 11) is 4.62. The molecule has 1 saturated heterocycles. The third-order valence-corrected chi connectivity index (χ3v) is 4.48. The number of benzene rings is 2. The summed E-state index contributed by atoms with van der Waals surface area (Å²) >= 11 is 0. The number of carbonyl (C=O) groups excluding carboxylic acids is 2. The maximum absolute atomic E-state index is 12.6. The second kappa shape index (κ2) is 7.99. The Balaban J connectivity index is 1.72. The molecule has 2 aromatic rings. The first kappa shape index (κ1) is 18.6. The van der Waals surface area contributed by atoms with Crippen molar-refractivity contribution in [2.75, 3.05) is 32.8 Å². The number of carbonyl (C=O) groups is 2. The van der Waals surface area contributed by atoms with Crippen LogP contribution in [0.25, 0.3) is 0 Å². The van der Waals surface area contributed by atoms with Crippen LogP contribution in [0.1, 0.15) is 16.8 Å². The van der Waals surface area contributed by atoms with Gasteiger partial charge >= 0.3 is 0 Å². The molecular formula is C20H22N2O5. The van der Waals surface area contributed by atoms with Crippen LogP contribution in [0.15, 0.2) is 42.5 Å². The first-order valence-corrected chi connectivity index (χ1v) is 8.53. The Morgan fingerprint density at radius 2 is 1.78 bits per heavy atom. The van der Waals surface area contributed by atoms with Crippen LogP contribution >= 0.6 is 0 Å². The summed E-state index contributed by atoms with van der Waals surface area (Å²) in [5.41, 5.74) is 1.14. The van der Waals surface area contributed by atoms with Crippen LogP contribution in [0.4, 0.5) is 5.69 Å². The van der Waals surface area contributed by atoms with E-state index < -0.39 is 0 Å². The number of hydrogen-bond donors (Lipinski definition) is 1. The molecule has 1 N–H and O–H groups in total. The number of nitrogens with zero attached hydrogens (tertiary/aromatic N) is 1. The molecule has 1 aliphatic heterocycles. The third kappa shape index (κ3) is 3.97. The van der Waals surface area contributed by atoms with Crippen LogP contribution in [0.2, 0.25) is 0 Å². The Hall–Kier alpha value is -3.22. The molecule has 7 heteroatoms. The summed E-state index contributed by atoms with van der Waals surface area (Å²) in [5, 5.41) is 2.91. The van der Waals surface area contributed by atoms with Crippen LogP contribution in [-0.4, -0.2) is 45.7 Å². The van der Waals surface area contributed by atoms with E-state index in [2.05, 4.69) is 5.32 Å². The Bertz CT molecular complexity index is 852. The molecule has 3 rings (SSSR count). The van der Waals surface area contributed by atoms with Crippen molar-refractivity contribution in [2.45, 2.75) is 12.5 Å². The normalized spacial score (nSPS) is 16.2. The highest BCUT2D eigenvalue weighted by Gasteiger charge is 2.32. The number of hydrogen-bond acceptors (Lipinski definition) is 5. The van der Waals surface area contributed by atoms with Crippen LogP contribution in [0.3, 0.4) is 0 Å². The highest BCUT2D eigenvalue weighted by atomic mass is 16.5. The predicted octanol–water partition coefficient (Wildman–Crippen LogP) is 2.25. The Morgan fingerprint density at radius 3 is 2.48 bits per heavy atom. The van der Waals surface area contributed by atoms with Crippen LogP contribution < -0.4 is 24.4 Å². The van der Waals surface area contributed by atoms with Gasteiger partial charge in [0.1, 0.15) is 17.2 Å². The van der Waals surface area contributed by atoms with Crippen molar-refractivity contribution in [1.29, 1.82) is 0 Å². The molecule has 1 heterocycles. The number of rotatable bonds is 6. The largest absolute Gasteiger partial charge is 0.497 e. The monoisotopic (exact) mass is 370 g/mol.